The number of hydrogen-bond acceptors (Lipinski definition) is 3. The van der Waals surface area contributed by atoms with Gasteiger partial charge in [-0.3, -0.25) is 9.97 Å². The smallest absolute Gasteiger partial charge is 0.269 e. The number of aryl methyl sites for hydroxylation is 1. The lowest BCUT2D eigenvalue weighted by atomic mass is 9.99. The molecule has 3 nitrogen and oxygen atoms in total. The molecule has 3 rings (SSSR count). The molecule has 1 atom stereocenters. The van der Waals surface area contributed by atoms with Crippen molar-refractivity contribution in [3.8, 4) is 11.1 Å². The normalized spacial score (nSPS) is 12.8. The molecule has 2 aromatic heterocycles. The van der Waals surface area contributed by atoms with Crippen LogP contribution in [0.2, 0.25) is 0 Å². The molecular formula is C17H14F2N2O. The fraction of sp³-hybridized carbons (Fsp3) is 0.176. The van der Waals surface area contributed by atoms with Crippen LogP contribution >= 0.6 is 0 Å². The Balaban J connectivity index is 2.03. The molecule has 0 bridgehead atoms. The standard InChI is InChI=1S/C17H14F2N2O/c1-10-6-15(16(22)17(18)19)21-9-14(10)12-3-2-11-4-5-20-8-13(11)7-12/h2-9,16-17,22H,1H3. The van der Waals surface area contributed by atoms with E-state index in [9.17, 15) is 13.9 Å². The molecule has 2 heterocycles. The van der Waals surface area contributed by atoms with Gasteiger partial charge in [0.25, 0.3) is 6.43 Å². The lowest BCUT2D eigenvalue weighted by Gasteiger charge is -2.12. The summed E-state index contributed by atoms with van der Waals surface area (Å²) >= 11 is 0. The Bertz CT molecular complexity index is 821. The van der Waals surface area contributed by atoms with Crippen molar-refractivity contribution in [1.29, 1.82) is 0 Å². The van der Waals surface area contributed by atoms with E-state index in [1.54, 1.807) is 12.4 Å². The first kappa shape index (κ1) is 14.5. The van der Waals surface area contributed by atoms with Gasteiger partial charge in [0.05, 0.1) is 5.69 Å². The van der Waals surface area contributed by atoms with E-state index in [4.69, 9.17) is 0 Å². The van der Waals surface area contributed by atoms with E-state index in [-0.39, 0.29) is 5.69 Å². The molecule has 0 aliphatic carbocycles. The zero-order chi connectivity index (χ0) is 15.7. The maximum Gasteiger partial charge on any atom is 0.269 e. The van der Waals surface area contributed by atoms with Crippen molar-refractivity contribution in [3.63, 3.8) is 0 Å². The van der Waals surface area contributed by atoms with Crippen LogP contribution in [0.4, 0.5) is 8.78 Å². The Kier molecular flexibility index (Phi) is 3.81. The van der Waals surface area contributed by atoms with Crippen molar-refractivity contribution >= 4 is 10.8 Å². The van der Waals surface area contributed by atoms with Crippen LogP contribution < -0.4 is 0 Å². The second-order valence-electron chi connectivity index (χ2n) is 5.14. The molecule has 1 unspecified atom stereocenters. The molecule has 112 valence electrons. The summed E-state index contributed by atoms with van der Waals surface area (Å²) in [4.78, 5) is 8.07. The Morgan fingerprint density at radius 1 is 1.05 bits per heavy atom. The molecule has 5 heteroatoms. The fourth-order valence-corrected chi connectivity index (χ4v) is 2.42. The van der Waals surface area contributed by atoms with Crippen LogP contribution in [0, 0.1) is 6.92 Å². The van der Waals surface area contributed by atoms with Crippen molar-refractivity contribution in [2.24, 2.45) is 0 Å². The minimum atomic E-state index is -2.84. The van der Waals surface area contributed by atoms with Crippen LogP contribution in [0.15, 0.2) is 48.9 Å². The highest BCUT2D eigenvalue weighted by molar-refractivity contribution is 5.86. The van der Waals surface area contributed by atoms with Crippen LogP contribution in [0.25, 0.3) is 21.9 Å². The first-order valence-electron chi connectivity index (χ1n) is 6.83. The third-order valence-corrected chi connectivity index (χ3v) is 3.63. The summed E-state index contributed by atoms with van der Waals surface area (Å²) in [5.74, 6) is 0. The van der Waals surface area contributed by atoms with E-state index < -0.39 is 12.5 Å². The average Bonchev–Trinajstić information content (AvgIpc) is 2.53. The first-order chi connectivity index (χ1) is 10.6. The summed E-state index contributed by atoms with van der Waals surface area (Å²) in [6.07, 6.45) is 0.331. The van der Waals surface area contributed by atoms with Crippen LogP contribution in [0.1, 0.15) is 17.4 Å². The van der Waals surface area contributed by atoms with Gasteiger partial charge in [-0.25, -0.2) is 8.78 Å². The molecule has 0 amide bonds. The van der Waals surface area contributed by atoms with Gasteiger partial charge in [-0.15, -0.1) is 0 Å². The molecule has 0 saturated carbocycles. The van der Waals surface area contributed by atoms with E-state index in [2.05, 4.69) is 9.97 Å². The number of hydrogen-bond donors (Lipinski definition) is 1. The number of fused-ring (bicyclic) bond motifs is 1. The molecule has 0 fully saturated rings. The quantitative estimate of drug-likeness (QED) is 0.798. The number of alkyl halides is 2. The number of rotatable bonds is 3. The molecule has 1 aromatic carbocycles. The molecule has 0 aliphatic rings. The van der Waals surface area contributed by atoms with E-state index in [1.165, 1.54) is 12.3 Å². The van der Waals surface area contributed by atoms with Gasteiger partial charge in [-0.1, -0.05) is 12.1 Å². The number of aromatic nitrogens is 2. The number of pyridine rings is 2. The van der Waals surface area contributed by atoms with E-state index in [0.29, 0.717) is 0 Å². The Morgan fingerprint density at radius 2 is 1.86 bits per heavy atom. The number of aliphatic hydroxyl groups is 1. The molecule has 0 radical (unpaired) electrons. The average molecular weight is 300 g/mol. The van der Waals surface area contributed by atoms with Crippen LogP contribution in [-0.4, -0.2) is 21.5 Å². The van der Waals surface area contributed by atoms with Gasteiger partial charge in [0.15, 0.2) is 6.10 Å². The summed E-state index contributed by atoms with van der Waals surface area (Å²) in [7, 11) is 0. The monoisotopic (exact) mass is 300 g/mol. The van der Waals surface area contributed by atoms with Crippen molar-refractivity contribution in [1.82, 2.24) is 9.97 Å². The Hall–Kier alpha value is -2.40. The predicted molar refractivity (Wildman–Crippen MR) is 80.7 cm³/mol. The van der Waals surface area contributed by atoms with Gasteiger partial charge >= 0.3 is 0 Å². The number of halogens is 2. The van der Waals surface area contributed by atoms with Gasteiger partial charge < -0.3 is 5.11 Å². The molecule has 22 heavy (non-hydrogen) atoms. The van der Waals surface area contributed by atoms with Crippen molar-refractivity contribution in [2.75, 3.05) is 0 Å². The fourth-order valence-electron chi connectivity index (χ4n) is 2.42. The first-order valence-corrected chi connectivity index (χ1v) is 6.83. The second-order valence-corrected chi connectivity index (χ2v) is 5.14. The lowest BCUT2D eigenvalue weighted by Crippen LogP contribution is -2.10. The summed E-state index contributed by atoms with van der Waals surface area (Å²) < 4.78 is 25.1. The van der Waals surface area contributed by atoms with E-state index in [1.807, 2.05) is 31.2 Å². The maximum absolute atomic E-state index is 12.5. The Labute approximate surface area is 126 Å². The molecule has 3 aromatic rings. The van der Waals surface area contributed by atoms with Gasteiger partial charge in [0, 0.05) is 29.5 Å². The highest BCUT2D eigenvalue weighted by Crippen LogP contribution is 2.28. The summed E-state index contributed by atoms with van der Waals surface area (Å²) in [5.41, 5.74) is 2.55. The Morgan fingerprint density at radius 3 is 2.59 bits per heavy atom. The molecular weight excluding hydrogens is 286 g/mol. The zero-order valence-electron chi connectivity index (χ0n) is 11.9. The minimum Gasteiger partial charge on any atom is -0.381 e. The SMILES string of the molecule is Cc1cc(C(O)C(F)F)ncc1-c1ccc2ccncc2c1. The van der Waals surface area contributed by atoms with Crippen LogP contribution in [-0.2, 0) is 0 Å². The molecule has 0 saturated heterocycles. The van der Waals surface area contributed by atoms with E-state index in [0.717, 1.165) is 27.5 Å². The lowest BCUT2D eigenvalue weighted by molar-refractivity contribution is -0.00822. The van der Waals surface area contributed by atoms with Crippen LogP contribution in [0.5, 0.6) is 0 Å². The minimum absolute atomic E-state index is 0.0151. The third kappa shape index (κ3) is 2.67. The van der Waals surface area contributed by atoms with Crippen LogP contribution in [0.3, 0.4) is 0 Å². The highest BCUT2D eigenvalue weighted by atomic mass is 19.3. The van der Waals surface area contributed by atoms with Crippen molar-refractivity contribution in [2.45, 2.75) is 19.5 Å². The predicted octanol–water partition coefficient (Wildman–Crippen LogP) is 3.90. The molecule has 1 N–H and O–H groups in total. The topological polar surface area (TPSA) is 46.0 Å². The number of aliphatic hydroxyl groups excluding tert-OH is 1. The summed E-state index contributed by atoms with van der Waals surface area (Å²) in [6.45, 7) is 1.81. The molecule has 0 aliphatic heterocycles. The zero-order valence-corrected chi connectivity index (χ0v) is 11.9. The van der Waals surface area contributed by atoms with Crippen molar-refractivity contribution in [3.05, 3.63) is 60.2 Å². The maximum atomic E-state index is 12.5. The third-order valence-electron chi connectivity index (χ3n) is 3.63. The summed E-state index contributed by atoms with van der Waals surface area (Å²) in [5, 5.41) is 11.5. The largest absolute Gasteiger partial charge is 0.381 e. The number of nitrogens with zero attached hydrogens (tertiary/aromatic N) is 2. The second kappa shape index (κ2) is 5.77. The van der Waals surface area contributed by atoms with Gasteiger partial charge in [-0.2, -0.15) is 0 Å². The highest BCUT2D eigenvalue weighted by Gasteiger charge is 2.21. The van der Waals surface area contributed by atoms with Gasteiger partial charge in [-0.05, 0) is 41.6 Å². The van der Waals surface area contributed by atoms with Gasteiger partial charge in [0.1, 0.15) is 0 Å². The van der Waals surface area contributed by atoms with Crippen molar-refractivity contribution < 1.29 is 13.9 Å². The van der Waals surface area contributed by atoms with E-state index >= 15 is 0 Å². The van der Waals surface area contributed by atoms with Gasteiger partial charge in [0.2, 0.25) is 0 Å². The number of benzene rings is 1. The summed E-state index contributed by atoms with van der Waals surface area (Å²) in [6, 6.07) is 9.34. The molecule has 0 spiro atoms.